The summed E-state index contributed by atoms with van der Waals surface area (Å²) in [4.78, 5) is 0. The lowest BCUT2D eigenvalue weighted by molar-refractivity contribution is -0.218. The van der Waals surface area contributed by atoms with Crippen LogP contribution in [-0.4, -0.2) is 11.2 Å². The minimum Gasteiger partial charge on any atom is -0.392 e. The van der Waals surface area contributed by atoms with E-state index in [1.807, 2.05) is 0 Å². The molecule has 7 unspecified atom stereocenters. The van der Waals surface area contributed by atoms with Crippen LogP contribution in [0.1, 0.15) is 126 Å². The molecule has 0 radical (unpaired) electrons. The number of hydrogen-bond acceptors (Lipinski definition) is 1. The Morgan fingerprint density at radius 1 is 0.645 bits per heavy atom. The zero-order valence-electron chi connectivity index (χ0n) is 22.0. The molecule has 0 aliphatic heterocycles. The van der Waals surface area contributed by atoms with Crippen LogP contribution < -0.4 is 0 Å². The number of hydrogen-bond donors (Lipinski definition) is 1. The maximum Gasteiger partial charge on any atom is 0.0631 e. The average Bonchev–Trinajstić information content (AvgIpc) is 2.68. The summed E-state index contributed by atoms with van der Waals surface area (Å²) >= 11 is 0. The molecule has 31 heavy (non-hydrogen) atoms. The predicted molar refractivity (Wildman–Crippen MR) is 131 cm³/mol. The zero-order chi connectivity index (χ0) is 22.7. The van der Waals surface area contributed by atoms with Crippen molar-refractivity contribution >= 4 is 0 Å². The Morgan fingerprint density at radius 3 is 1.94 bits per heavy atom. The van der Waals surface area contributed by atoms with Crippen LogP contribution in [0.2, 0.25) is 0 Å². The highest BCUT2D eigenvalue weighted by Crippen LogP contribution is 2.76. The third-order valence-corrected chi connectivity index (χ3v) is 13.0. The Morgan fingerprint density at radius 2 is 1.23 bits per heavy atom. The van der Waals surface area contributed by atoms with Gasteiger partial charge in [-0.25, -0.2) is 0 Å². The van der Waals surface area contributed by atoms with E-state index in [-0.39, 0.29) is 11.5 Å². The van der Waals surface area contributed by atoms with E-state index in [1.165, 1.54) is 57.8 Å². The van der Waals surface area contributed by atoms with E-state index < -0.39 is 0 Å². The molecule has 0 heterocycles. The SMILES string of the molecule is CC1(C)CCC2(C)CCC3(C)C4CCC5=C(CCC(O)C5(C)C)C4(C)CCC3(C)C2C1. The van der Waals surface area contributed by atoms with Crippen molar-refractivity contribution in [3.05, 3.63) is 11.1 Å². The van der Waals surface area contributed by atoms with E-state index in [0.717, 1.165) is 24.7 Å². The van der Waals surface area contributed by atoms with E-state index >= 15 is 0 Å². The molecule has 3 fully saturated rings. The summed E-state index contributed by atoms with van der Waals surface area (Å²) in [6.45, 7) is 20.5. The van der Waals surface area contributed by atoms with Gasteiger partial charge in [0.2, 0.25) is 0 Å². The van der Waals surface area contributed by atoms with Crippen molar-refractivity contribution in [2.24, 2.45) is 44.3 Å². The lowest BCUT2D eigenvalue weighted by atomic mass is 9.32. The van der Waals surface area contributed by atoms with Gasteiger partial charge >= 0.3 is 0 Å². The molecule has 1 N–H and O–H groups in total. The van der Waals surface area contributed by atoms with E-state index in [9.17, 15) is 5.11 Å². The summed E-state index contributed by atoms with van der Waals surface area (Å²) < 4.78 is 0. The highest BCUT2D eigenvalue weighted by Gasteiger charge is 2.68. The molecule has 0 aromatic rings. The Kier molecular flexibility index (Phi) is 4.66. The van der Waals surface area contributed by atoms with Gasteiger partial charge in [0, 0.05) is 5.41 Å². The summed E-state index contributed by atoms with van der Waals surface area (Å²) in [6, 6.07) is 0. The van der Waals surface area contributed by atoms with Crippen LogP contribution in [0.15, 0.2) is 11.1 Å². The standard InChI is InChI=1S/C30H50O/c1-25(2)13-14-27(5)15-17-29(7)22-11-9-20-21(10-12-24(31)26(20,3)4)28(22,6)16-18-30(29,8)23(27)19-25/h22-24,31H,9-19H2,1-8H3. The van der Waals surface area contributed by atoms with Gasteiger partial charge in [0.15, 0.2) is 0 Å². The smallest absolute Gasteiger partial charge is 0.0631 e. The highest BCUT2D eigenvalue weighted by molar-refractivity contribution is 5.36. The first-order chi connectivity index (χ1) is 14.2. The first-order valence-electron chi connectivity index (χ1n) is 13.6. The first-order valence-corrected chi connectivity index (χ1v) is 13.6. The van der Waals surface area contributed by atoms with Gasteiger partial charge in [-0.2, -0.15) is 0 Å². The summed E-state index contributed by atoms with van der Waals surface area (Å²) in [5.74, 6) is 1.70. The van der Waals surface area contributed by atoms with Gasteiger partial charge in [-0.1, -0.05) is 66.5 Å². The van der Waals surface area contributed by atoms with Crippen LogP contribution in [0.25, 0.3) is 0 Å². The van der Waals surface area contributed by atoms with Crippen molar-refractivity contribution in [1.82, 2.24) is 0 Å². The molecular formula is C30H50O. The molecule has 7 atom stereocenters. The fraction of sp³-hybridized carbons (Fsp3) is 0.933. The predicted octanol–water partition coefficient (Wildman–Crippen LogP) is 8.31. The highest BCUT2D eigenvalue weighted by atomic mass is 16.3. The first kappa shape index (κ1) is 22.5. The Hall–Kier alpha value is -0.300. The van der Waals surface area contributed by atoms with Crippen molar-refractivity contribution in [3.8, 4) is 0 Å². The molecule has 1 nitrogen and oxygen atoms in total. The van der Waals surface area contributed by atoms with Crippen LogP contribution in [-0.2, 0) is 0 Å². The number of aliphatic hydroxyl groups is 1. The molecule has 0 saturated heterocycles. The zero-order valence-corrected chi connectivity index (χ0v) is 22.0. The molecule has 3 saturated carbocycles. The molecule has 0 spiro atoms. The number of allylic oxidation sites excluding steroid dienone is 1. The second-order valence-electron chi connectivity index (χ2n) is 15.2. The average molecular weight is 427 g/mol. The van der Waals surface area contributed by atoms with Gasteiger partial charge in [-0.05, 0) is 110 Å². The monoisotopic (exact) mass is 426 g/mol. The van der Waals surface area contributed by atoms with Crippen LogP contribution in [0.4, 0.5) is 0 Å². The number of rotatable bonds is 0. The van der Waals surface area contributed by atoms with Crippen molar-refractivity contribution in [1.29, 1.82) is 0 Å². The van der Waals surface area contributed by atoms with Gasteiger partial charge in [-0.3, -0.25) is 0 Å². The second kappa shape index (κ2) is 6.43. The van der Waals surface area contributed by atoms with Gasteiger partial charge in [0.1, 0.15) is 0 Å². The summed E-state index contributed by atoms with van der Waals surface area (Å²) in [6.07, 6.45) is 14.5. The molecule has 176 valence electrons. The van der Waals surface area contributed by atoms with Crippen molar-refractivity contribution in [3.63, 3.8) is 0 Å². The minimum atomic E-state index is -0.157. The van der Waals surface area contributed by atoms with Crippen LogP contribution in [0.3, 0.4) is 0 Å². The van der Waals surface area contributed by atoms with Gasteiger partial charge in [-0.15, -0.1) is 0 Å². The summed E-state index contributed by atoms with van der Waals surface area (Å²) in [5, 5.41) is 10.8. The van der Waals surface area contributed by atoms with Crippen molar-refractivity contribution in [2.45, 2.75) is 132 Å². The van der Waals surface area contributed by atoms with Gasteiger partial charge < -0.3 is 5.11 Å². The van der Waals surface area contributed by atoms with Crippen molar-refractivity contribution in [2.75, 3.05) is 0 Å². The second-order valence-corrected chi connectivity index (χ2v) is 15.2. The quantitative estimate of drug-likeness (QED) is 0.386. The molecule has 0 aromatic carbocycles. The third-order valence-electron chi connectivity index (χ3n) is 13.0. The number of fused-ring (bicyclic) bond motifs is 6. The molecule has 5 rings (SSSR count). The van der Waals surface area contributed by atoms with Crippen LogP contribution >= 0.6 is 0 Å². The molecule has 0 aromatic heterocycles. The summed E-state index contributed by atoms with van der Waals surface area (Å²) in [7, 11) is 0. The molecular weight excluding hydrogens is 376 g/mol. The fourth-order valence-electron chi connectivity index (χ4n) is 10.4. The lowest BCUT2D eigenvalue weighted by Gasteiger charge is -2.72. The molecule has 0 amide bonds. The largest absolute Gasteiger partial charge is 0.392 e. The fourth-order valence-corrected chi connectivity index (χ4v) is 10.4. The Bertz CT molecular complexity index is 803. The van der Waals surface area contributed by atoms with Crippen molar-refractivity contribution < 1.29 is 5.11 Å². The molecule has 5 aliphatic carbocycles. The maximum absolute atomic E-state index is 10.8. The normalized spacial score (nSPS) is 53.1. The number of aliphatic hydroxyl groups excluding tert-OH is 1. The maximum atomic E-state index is 10.8. The van der Waals surface area contributed by atoms with Crippen LogP contribution in [0, 0.1) is 44.3 Å². The molecule has 5 aliphatic rings. The van der Waals surface area contributed by atoms with E-state index in [2.05, 4.69) is 55.4 Å². The Balaban J connectivity index is 1.58. The molecule has 1 heteroatoms. The van der Waals surface area contributed by atoms with Gasteiger partial charge in [0.25, 0.3) is 0 Å². The topological polar surface area (TPSA) is 20.2 Å². The minimum absolute atomic E-state index is 0.0260. The van der Waals surface area contributed by atoms with Crippen LogP contribution in [0.5, 0.6) is 0 Å². The third kappa shape index (κ3) is 2.77. The lowest BCUT2D eigenvalue weighted by Crippen LogP contribution is -2.64. The molecule has 0 bridgehead atoms. The van der Waals surface area contributed by atoms with E-state index in [0.29, 0.717) is 27.1 Å². The Labute approximate surface area is 192 Å². The van der Waals surface area contributed by atoms with E-state index in [1.54, 1.807) is 11.1 Å². The van der Waals surface area contributed by atoms with Gasteiger partial charge in [0.05, 0.1) is 6.10 Å². The summed E-state index contributed by atoms with van der Waals surface area (Å²) in [5.41, 5.74) is 5.78. The van der Waals surface area contributed by atoms with E-state index in [4.69, 9.17) is 0 Å².